The summed E-state index contributed by atoms with van der Waals surface area (Å²) in [6, 6.07) is 5.81. The molecule has 1 aliphatic heterocycles. The van der Waals surface area contributed by atoms with Crippen LogP contribution in [-0.4, -0.2) is 66.9 Å². The lowest BCUT2D eigenvalue weighted by Gasteiger charge is -2.26. The molecule has 6 heteroatoms. The summed E-state index contributed by atoms with van der Waals surface area (Å²) in [6.07, 6.45) is -0.563. The molecular weight excluding hydrogens is 291 g/mol. The molecule has 2 N–H and O–H groups in total. The van der Waals surface area contributed by atoms with E-state index in [0.29, 0.717) is 12.3 Å². The molecule has 0 radical (unpaired) electrons. The van der Waals surface area contributed by atoms with Crippen molar-refractivity contribution >= 4 is 11.8 Å². The van der Waals surface area contributed by atoms with Crippen LogP contribution in [0.3, 0.4) is 0 Å². The van der Waals surface area contributed by atoms with Crippen LogP contribution in [0.4, 0.5) is 4.39 Å². The summed E-state index contributed by atoms with van der Waals surface area (Å²) in [5.41, 5.74) is 0. The summed E-state index contributed by atoms with van der Waals surface area (Å²) in [5, 5.41) is 13.1. The van der Waals surface area contributed by atoms with Crippen LogP contribution in [0.15, 0.2) is 24.3 Å². The fourth-order valence-corrected chi connectivity index (χ4v) is 3.09. The molecule has 0 amide bonds. The average molecular weight is 314 g/mol. The normalized spacial score (nSPS) is 17.6. The molecule has 0 spiro atoms. The molecule has 4 nitrogen and oxygen atoms in total. The van der Waals surface area contributed by atoms with Crippen molar-refractivity contribution in [1.82, 2.24) is 10.2 Å². The molecule has 1 aromatic rings. The quantitative estimate of drug-likeness (QED) is 0.706. The first-order valence-corrected chi connectivity index (χ1v) is 8.47. The number of halogens is 1. The highest BCUT2D eigenvalue weighted by Crippen LogP contribution is 2.11. The van der Waals surface area contributed by atoms with E-state index in [0.717, 1.165) is 26.2 Å². The maximum Gasteiger partial charge on any atom is 0.123 e. The Morgan fingerprint density at radius 3 is 2.71 bits per heavy atom. The van der Waals surface area contributed by atoms with E-state index < -0.39 is 6.10 Å². The SMILES string of the molecule is OC(CNCCN1CCSCC1)COc1ccc(F)cc1. The van der Waals surface area contributed by atoms with Crippen molar-refractivity contribution in [1.29, 1.82) is 0 Å². The van der Waals surface area contributed by atoms with Crippen LogP contribution < -0.4 is 10.1 Å². The van der Waals surface area contributed by atoms with Crippen molar-refractivity contribution in [2.24, 2.45) is 0 Å². The summed E-state index contributed by atoms with van der Waals surface area (Å²) < 4.78 is 18.1. The molecule has 1 aromatic carbocycles. The third kappa shape index (κ3) is 6.65. The number of hydrogen-bond donors (Lipinski definition) is 2. The number of benzene rings is 1. The van der Waals surface area contributed by atoms with Crippen LogP contribution in [0.5, 0.6) is 5.75 Å². The van der Waals surface area contributed by atoms with Gasteiger partial charge in [-0.1, -0.05) is 0 Å². The van der Waals surface area contributed by atoms with E-state index in [9.17, 15) is 9.50 Å². The van der Waals surface area contributed by atoms with Gasteiger partial charge in [-0.2, -0.15) is 11.8 Å². The van der Waals surface area contributed by atoms with Gasteiger partial charge in [-0.25, -0.2) is 4.39 Å². The van der Waals surface area contributed by atoms with Crippen LogP contribution in [0.25, 0.3) is 0 Å². The number of rotatable bonds is 8. The highest BCUT2D eigenvalue weighted by atomic mass is 32.2. The van der Waals surface area contributed by atoms with Crippen molar-refractivity contribution < 1.29 is 14.2 Å². The minimum Gasteiger partial charge on any atom is -0.491 e. The molecule has 1 heterocycles. The molecule has 0 aliphatic carbocycles. The largest absolute Gasteiger partial charge is 0.491 e. The third-order valence-electron chi connectivity index (χ3n) is 3.34. The van der Waals surface area contributed by atoms with E-state index in [4.69, 9.17) is 4.74 Å². The summed E-state index contributed by atoms with van der Waals surface area (Å²) in [6.45, 7) is 4.91. The lowest BCUT2D eigenvalue weighted by Crippen LogP contribution is -2.40. The van der Waals surface area contributed by atoms with Crippen molar-refractivity contribution in [2.45, 2.75) is 6.10 Å². The van der Waals surface area contributed by atoms with Gasteiger partial charge in [0.05, 0.1) is 0 Å². The lowest BCUT2D eigenvalue weighted by atomic mass is 10.3. The number of nitrogens with one attached hydrogen (secondary N) is 1. The van der Waals surface area contributed by atoms with Crippen molar-refractivity contribution in [3.8, 4) is 5.75 Å². The third-order valence-corrected chi connectivity index (χ3v) is 4.29. The smallest absolute Gasteiger partial charge is 0.123 e. The average Bonchev–Trinajstić information content (AvgIpc) is 2.52. The molecule has 0 aromatic heterocycles. The van der Waals surface area contributed by atoms with E-state index in [1.54, 1.807) is 12.1 Å². The van der Waals surface area contributed by atoms with E-state index in [1.165, 1.54) is 23.6 Å². The Morgan fingerprint density at radius 2 is 2.00 bits per heavy atom. The predicted octanol–water partition coefficient (Wildman–Crippen LogP) is 1.20. The second kappa shape index (κ2) is 9.25. The van der Waals surface area contributed by atoms with Gasteiger partial charge in [0, 0.05) is 44.2 Å². The zero-order valence-corrected chi connectivity index (χ0v) is 12.9. The van der Waals surface area contributed by atoms with E-state index >= 15 is 0 Å². The minimum atomic E-state index is -0.563. The topological polar surface area (TPSA) is 44.7 Å². The number of nitrogens with zero attached hydrogens (tertiary/aromatic N) is 1. The Hall–Kier alpha value is -0.820. The Balaban J connectivity index is 1.52. The van der Waals surface area contributed by atoms with Crippen LogP contribution >= 0.6 is 11.8 Å². The van der Waals surface area contributed by atoms with Crippen LogP contribution in [0.2, 0.25) is 0 Å². The zero-order chi connectivity index (χ0) is 14.9. The van der Waals surface area contributed by atoms with Crippen LogP contribution in [0.1, 0.15) is 0 Å². The second-order valence-corrected chi connectivity index (χ2v) is 6.30. The molecule has 0 bridgehead atoms. The van der Waals surface area contributed by atoms with E-state index in [1.807, 2.05) is 11.8 Å². The minimum absolute atomic E-state index is 0.207. The first kappa shape index (κ1) is 16.5. The Labute approximate surface area is 129 Å². The molecule has 21 heavy (non-hydrogen) atoms. The fraction of sp³-hybridized carbons (Fsp3) is 0.600. The molecule has 1 aliphatic rings. The first-order valence-electron chi connectivity index (χ1n) is 7.31. The molecule has 1 saturated heterocycles. The van der Waals surface area contributed by atoms with Crippen LogP contribution in [0, 0.1) is 5.82 Å². The zero-order valence-electron chi connectivity index (χ0n) is 12.1. The number of aliphatic hydroxyl groups is 1. The number of ether oxygens (including phenoxy) is 1. The molecule has 0 saturated carbocycles. The van der Waals surface area contributed by atoms with E-state index in [2.05, 4.69) is 10.2 Å². The standard InChI is InChI=1S/C15H23FN2O2S/c16-13-1-3-15(4-2-13)20-12-14(19)11-17-5-6-18-7-9-21-10-8-18/h1-4,14,17,19H,5-12H2. The van der Waals surface area contributed by atoms with Crippen molar-refractivity contribution in [2.75, 3.05) is 50.8 Å². The van der Waals surface area contributed by atoms with Gasteiger partial charge in [-0.15, -0.1) is 0 Å². The molecule has 1 atom stereocenters. The maximum atomic E-state index is 12.7. The van der Waals surface area contributed by atoms with Crippen molar-refractivity contribution in [3.63, 3.8) is 0 Å². The number of thioether (sulfide) groups is 1. The van der Waals surface area contributed by atoms with Crippen molar-refractivity contribution in [3.05, 3.63) is 30.1 Å². The van der Waals surface area contributed by atoms with Gasteiger partial charge in [0.15, 0.2) is 0 Å². The Kier molecular flexibility index (Phi) is 7.29. The fourth-order valence-electron chi connectivity index (χ4n) is 2.11. The highest BCUT2D eigenvalue weighted by Gasteiger charge is 2.10. The maximum absolute atomic E-state index is 12.7. The molecule has 118 valence electrons. The van der Waals surface area contributed by atoms with Crippen LogP contribution in [-0.2, 0) is 0 Å². The predicted molar refractivity (Wildman–Crippen MR) is 84.5 cm³/mol. The summed E-state index contributed by atoms with van der Waals surface area (Å²) >= 11 is 2.01. The summed E-state index contributed by atoms with van der Waals surface area (Å²) in [5.74, 6) is 2.71. The summed E-state index contributed by atoms with van der Waals surface area (Å²) in [7, 11) is 0. The Morgan fingerprint density at radius 1 is 1.29 bits per heavy atom. The van der Waals surface area contributed by atoms with Gasteiger partial charge in [0.2, 0.25) is 0 Å². The van der Waals surface area contributed by atoms with Gasteiger partial charge in [0.25, 0.3) is 0 Å². The van der Waals surface area contributed by atoms with Gasteiger partial charge >= 0.3 is 0 Å². The van der Waals surface area contributed by atoms with Gasteiger partial charge in [0.1, 0.15) is 24.3 Å². The monoisotopic (exact) mass is 314 g/mol. The number of aliphatic hydroxyl groups excluding tert-OH is 1. The highest BCUT2D eigenvalue weighted by molar-refractivity contribution is 7.99. The van der Waals surface area contributed by atoms with Gasteiger partial charge < -0.3 is 20.1 Å². The molecular formula is C15H23FN2O2S. The summed E-state index contributed by atoms with van der Waals surface area (Å²) in [4.78, 5) is 2.44. The molecule has 1 fully saturated rings. The number of hydrogen-bond acceptors (Lipinski definition) is 5. The second-order valence-electron chi connectivity index (χ2n) is 5.08. The first-order chi connectivity index (χ1) is 10.2. The van der Waals surface area contributed by atoms with E-state index in [-0.39, 0.29) is 12.4 Å². The van der Waals surface area contributed by atoms with Gasteiger partial charge in [-0.05, 0) is 24.3 Å². The van der Waals surface area contributed by atoms with Gasteiger partial charge in [-0.3, -0.25) is 0 Å². The Bertz CT molecular complexity index is 399. The lowest BCUT2D eigenvalue weighted by molar-refractivity contribution is 0.105. The molecule has 2 rings (SSSR count). The molecule has 1 unspecified atom stereocenters.